The molecule has 0 aromatic heterocycles. The van der Waals surface area contributed by atoms with Crippen molar-refractivity contribution < 1.29 is 4.74 Å². The van der Waals surface area contributed by atoms with Crippen molar-refractivity contribution in [2.24, 2.45) is 0 Å². The normalized spacial score (nSPS) is 19.0. The van der Waals surface area contributed by atoms with Crippen LogP contribution >= 0.6 is 0 Å². The van der Waals surface area contributed by atoms with Crippen LogP contribution in [0.25, 0.3) is 5.57 Å². The molecule has 0 N–H and O–H groups in total. The Bertz CT molecular complexity index is 695. The van der Waals surface area contributed by atoms with Crippen molar-refractivity contribution in [3.8, 4) is 5.75 Å². The van der Waals surface area contributed by atoms with E-state index in [9.17, 15) is 0 Å². The summed E-state index contributed by atoms with van der Waals surface area (Å²) >= 11 is 0. The first-order chi connectivity index (χ1) is 11.5. The van der Waals surface area contributed by atoms with E-state index in [1.54, 1.807) is 7.11 Å². The van der Waals surface area contributed by atoms with Crippen LogP contribution in [0, 0.1) is 0 Å². The smallest absolute Gasteiger partial charge is 0.118 e. The molecule has 0 aliphatic carbocycles. The Balaban J connectivity index is 1.92. The maximum atomic E-state index is 5.28. The van der Waals surface area contributed by atoms with E-state index in [-0.39, 0.29) is 5.54 Å². The minimum Gasteiger partial charge on any atom is -0.497 e. The fraction of sp³-hybridized carbons (Fsp3) is 0.364. The molecule has 2 aromatic carbocycles. The first-order valence-electron chi connectivity index (χ1n) is 8.64. The molecule has 126 valence electrons. The molecule has 0 saturated carbocycles. The van der Waals surface area contributed by atoms with Gasteiger partial charge in [-0.25, -0.2) is 0 Å². The molecule has 0 fully saturated rings. The average Bonchev–Trinajstić information content (AvgIpc) is 2.61. The topological polar surface area (TPSA) is 12.5 Å². The highest BCUT2D eigenvalue weighted by atomic mass is 16.5. The molecule has 24 heavy (non-hydrogen) atoms. The summed E-state index contributed by atoms with van der Waals surface area (Å²) in [7, 11) is 1.71. The van der Waals surface area contributed by atoms with Gasteiger partial charge in [0.15, 0.2) is 0 Å². The minimum atomic E-state index is 0.141. The molecule has 2 nitrogen and oxygen atoms in total. The van der Waals surface area contributed by atoms with Crippen molar-refractivity contribution >= 4 is 5.57 Å². The van der Waals surface area contributed by atoms with E-state index >= 15 is 0 Å². The van der Waals surface area contributed by atoms with Gasteiger partial charge in [0.1, 0.15) is 5.75 Å². The summed E-state index contributed by atoms with van der Waals surface area (Å²) in [6, 6.07) is 19.7. The van der Waals surface area contributed by atoms with E-state index < -0.39 is 0 Å². The van der Waals surface area contributed by atoms with Gasteiger partial charge in [0.2, 0.25) is 0 Å². The van der Waals surface area contributed by atoms with Crippen LogP contribution in [0.3, 0.4) is 0 Å². The van der Waals surface area contributed by atoms with Crippen molar-refractivity contribution in [3.63, 3.8) is 0 Å². The number of hydrogen-bond acceptors (Lipinski definition) is 2. The van der Waals surface area contributed by atoms with Crippen LogP contribution in [0.15, 0.2) is 60.7 Å². The third kappa shape index (κ3) is 3.54. The van der Waals surface area contributed by atoms with Gasteiger partial charge >= 0.3 is 0 Å². The maximum absolute atomic E-state index is 5.28. The van der Waals surface area contributed by atoms with Gasteiger partial charge in [0.25, 0.3) is 0 Å². The number of nitrogens with zero attached hydrogens (tertiary/aromatic N) is 1. The molecule has 1 unspecified atom stereocenters. The molecule has 1 heterocycles. The number of ether oxygens (including phenoxy) is 1. The van der Waals surface area contributed by atoms with Crippen LogP contribution in [0.4, 0.5) is 0 Å². The van der Waals surface area contributed by atoms with E-state index in [1.165, 1.54) is 16.7 Å². The van der Waals surface area contributed by atoms with Crippen LogP contribution < -0.4 is 4.74 Å². The second-order valence-corrected chi connectivity index (χ2v) is 7.41. The summed E-state index contributed by atoms with van der Waals surface area (Å²) < 4.78 is 5.28. The van der Waals surface area contributed by atoms with E-state index in [4.69, 9.17) is 4.74 Å². The molecule has 0 amide bonds. The molecular formula is C22H27NO. The molecule has 1 atom stereocenters. The van der Waals surface area contributed by atoms with Crippen molar-refractivity contribution in [2.45, 2.75) is 38.8 Å². The summed E-state index contributed by atoms with van der Waals surface area (Å²) in [5.41, 5.74) is 4.26. The zero-order valence-electron chi connectivity index (χ0n) is 15.1. The number of methoxy groups -OCH3 is 1. The molecule has 1 aliphatic heterocycles. The van der Waals surface area contributed by atoms with E-state index in [1.807, 2.05) is 12.1 Å². The Morgan fingerprint density at radius 3 is 2.21 bits per heavy atom. The van der Waals surface area contributed by atoms with Crippen LogP contribution in [-0.2, 0) is 0 Å². The van der Waals surface area contributed by atoms with Gasteiger partial charge in [-0.1, -0.05) is 48.5 Å². The van der Waals surface area contributed by atoms with Crippen LogP contribution in [-0.4, -0.2) is 24.1 Å². The van der Waals surface area contributed by atoms with E-state index in [0.717, 1.165) is 18.7 Å². The molecule has 2 aromatic rings. The molecule has 0 radical (unpaired) electrons. The summed E-state index contributed by atoms with van der Waals surface area (Å²) in [6.07, 6.45) is 3.42. The van der Waals surface area contributed by atoms with Gasteiger partial charge in [-0.05, 0) is 56.0 Å². The fourth-order valence-electron chi connectivity index (χ4n) is 3.49. The lowest BCUT2D eigenvalue weighted by atomic mass is 9.87. The van der Waals surface area contributed by atoms with E-state index in [0.29, 0.717) is 6.04 Å². The third-order valence-corrected chi connectivity index (χ3v) is 4.83. The van der Waals surface area contributed by atoms with Crippen LogP contribution in [0.5, 0.6) is 5.75 Å². The lowest BCUT2D eigenvalue weighted by Gasteiger charge is -2.44. The van der Waals surface area contributed by atoms with Gasteiger partial charge in [0.05, 0.1) is 7.11 Å². The van der Waals surface area contributed by atoms with Gasteiger partial charge in [-0.3, -0.25) is 4.90 Å². The highest BCUT2D eigenvalue weighted by molar-refractivity contribution is 5.68. The summed E-state index contributed by atoms with van der Waals surface area (Å²) in [6.45, 7) is 7.88. The van der Waals surface area contributed by atoms with Crippen molar-refractivity contribution in [1.82, 2.24) is 4.90 Å². The number of hydrogen-bond donors (Lipinski definition) is 0. The first-order valence-corrected chi connectivity index (χ1v) is 8.64. The Morgan fingerprint density at radius 2 is 1.62 bits per heavy atom. The minimum absolute atomic E-state index is 0.141. The van der Waals surface area contributed by atoms with Gasteiger partial charge < -0.3 is 4.74 Å². The zero-order chi connectivity index (χ0) is 17.2. The lowest BCUT2D eigenvalue weighted by molar-refractivity contribution is 0.0933. The standard InChI is InChI=1S/C22H27NO/c1-22(2,3)23-15-14-19(17-10-12-20(24-4)13-11-17)16-21(23)18-8-6-5-7-9-18/h5-14,21H,15-16H2,1-4H3. The highest BCUT2D eigenvalue weighted by Crippen LogP contribution is 2.39. The maximum Gasteiger partial charge on any atom is 0.118 e. The molecule has 0 spiro atoms. The quantitative estimate of drug-likeness (QED) is 0.758. The monoisotopic (exact) mass is 321 g/mol. The van der Waals surface area contributed by atoms with Gasteiger partial charge in [-0.2, -0.15) is 0 Å². The Morgan fingerprint density at radius 1 is 0.958 bits per heavy atom. The van der Waals surface area contributed by atoms with E-state index in [2.05, 4.69) is 74.2 Å². The van der Waals surface area contributed by atoms with Crippen LogP contribution in [0.2, 0.25) is 0 Å². The van der Waals surface area contributed by atoms with Crippen molar-refractivity contribution in [1.29, 1.82) is 0 Å². The Labute approximate surface area is 145 Å². The summed E-state index contributed by atoms with van der Waals surface area (Å²) in [5, 5.41) is 0. The SMILES string of the molecule is COc1ccc(C2=CCN(C(C)(C)C)C(c3ccccc3)C2)cc1. The molecule has 2 heteroatoms. The molecular weight excluding hydrogens is 294 g/mol. The second kappa shape index (κ2) is 6.82. The predicted octanol–water partition coefficient (Wildman–Crippen LogP) is 5.32. The lowest BCUT2D eigenvalue weighted by Crippen LogP contribution is -2.45. The van der Waals surface area contributed by atoms with Crippen molar-refractivity contribution in [2.75, 3.05) is 13.7 Å². The Kier molecular flexibility index (Phi) is 4.77. The summed E-state index contributed by atoms with van der Waals surface area (Å²) in [5.74, 6) is 0.908. The summed E-state index contributed by atoms with van der Waals surface area (Å²) in [4.78, 5) is 2.59. The van der Waals surface area contributed by atoms with Gasteiger partial charge in [0, 0.05) is 18.1 Å². The average molecular weight is 321 g/mol. The van der Waals surface area contributed by atoms with Crippen molar-refractivity contribution in [3.05, 3.63) is 71.8 Å². The molecule has 3 rings (SSSR count). The Hall–Kier alpha value is -2.06. The first kappa shape index (κ1) is 16.8. The molecule has 1 aliphatic rings. The third-order valence-electron chi connectivity index (χ3n) is 4.83. The van der Waals surface area contributed by atoms with Crippen LogP contribution in [0.1, 0.15) is 44.4 Å². The molecule has 0 bridgehead atoms. The molecule has 0 saturated heterocycles. The fourth-order valence-corrected chi connectivity index (χ4v) is 3.49. The second-order valence-electron chi connectivity index (χ2n) is 7.41. The predicted molar refractivity (Wildman–Crippen MR) is 101 cm³/mol. The highest BCUT2D eigenvalue weighted by Gasteiger charge is 2.32. The number of benzene rings is 2. The largest absolute Gasteiger partial charge is 0.497 e. The number of rotatable bonds is 3. The zero-order valence-corrected chi connectivity index (χ0v) is 15.1. The van der Waals surface area contributed by atoms with Gasteiger partial charge in [-0.15, -0.1) is 0 Å².